The average Bonchev–Trinajstić information content (AvgIpc) is 2.53. The minimum absolute atomic E-state index is 0.0257. The molecule has 8 heteroatoms. The average molecular weight is 355 g/mol. The van der Waals surface area contributed by atoms with E-state index in [0.717, 1.165) is 0 Å². The van der Waals surface area contributed by atoms with Crippen LogP contribution in [0, 0.1) is 0 Å². The van der Waals surface area contributed by atoms with E-state index in [4.69, 9.17) is 32.7 Å². The van der Waals surface area contributed by atoms with Gasteiger partial charge in [0.15, 0.2) is 6.61 Å². The lowest BCUT2D eigenvalue weighted by atomic mass is 10.3. The van der Waals surface area contributed by atoms with Gasteiger partial charge in [0.05, 0.1) is 12.1 Å². The van der Waals surface area contributed by atoms with Crippen LogP contribution in [0.5, 0.6) is 5.75 Å². The lowest BCUT2D eigenvalue weighted by Gasteiger charge is -2.08. The van der Waals surface area contributed by atoms with E-state index in [1.165, 1.54) is 31.5 Å². The zero-order valence-electron chi connectivity index (χ0n) is 12.0. The summed E-state index contributed by atoms with van der Waals surface area (Å²) < 4.78 is 9.87. The predicted octanol–water partition coefficient (Wildman–Crippen LogP) is 3.19. The first kappa shape index (κ1) is 17.1. The summed E-state index contributed by atoms with van der Waals surface area (Å²) >= 11 is 11.7. The first-order valence-electron chi connectivity index (χ1n) is 6.41. The van der Waals surface area contributed by atoms with Crippen LogP contribution in [0.1, 0.15) is 10.5 Å². The number of hydrogen-bond donors (Lipinski definition) is 1. The monoisotopic (exact) mass is 354 g/mol. The molecule has 0 radical (unpaired) electrons. The lowest BCUT2D eigenvalue weighted by Crippen LogP contribution is -2.21. The maximum atomic E-state index is 11.8. The molecule has 0 unspecified atom stereocenters. The van der Waals surface area contributed by atoms with Gasteiger partial charge in [-0.1, -0.05) is 23.2 Å². The molecule has 0 saturated heterocycles. The molecule has 0 spiro atoms. The maximum Gasteiger partial charge on any atom is 0.357 e. The van der Waals surface area contributed by atoms with Gasteiger partial charge in [0, 0.05) is 16.9 Å². The summed E-state index contributed by atoms with van der Waals surface area (Å²) in [5.41, 5.74) is 0.482. The molecule has 6 nitrogen and oxygen atoms in total. The van der Waals surface area contributed by atoms with Gasteiger partial charge in [-0.25, -0.2) is 9.78 Å². The van der Waals surface area contributed by atoms with E-state index in [1.807, 2.05) is 0 Å². The minimum Gasteiger partial charge on any atom is -0.495 e. The van der Waals surface area contributed by atoms with E-state index in [-0.39, 0.29) is 5.69 Å². The maximum absolute atomic E-state index is 11.8. The van der Waals surface area contributed by atoms with E-state index < -0.39 is 18.5 Å². The number of pyridine rings is 1. The summed E-state index contributed by atoms with van der Waals surface area (Å²) in [7, 11) is 1.49. The smallest absolute Gasteiger partial charge is 0.357 e. The Kier molecular flexibility index (Phi) is 5.78. The van der Waals surface area contributed by atoms with Gasteiger partial charge in [-0.2, -0.15) is 0 Å². The van der Waals surface area contributed by atoms with Crippen molar-refractivity contribution in [1.82, 2.24) is 4.98 Å². The van der Waals surface area contributed by atoms with Gasteiger partial charge in [0.1, 0.15) is 11.4 Å². The first-order valence-corrected chi connectivity index (χ1v) is 7.17. The number of nitrogens with one attached hydrogen (secondary N) is 1. The number of nitrogens with zero attached hydrogens (tertiary/aromatic N) is 1. The molecule has 0 bridgehead atoms. The van der Waals surface area contributed by atoms with E-state index >= 15 is 0 Å². The van der Waals surface area contributed by atoms with Crippen LogP contribution >= 0.6 is 23.2 Å². The number of benzene rings is 1. The van der Waals surface area contributed by atoms with Crippen molar-refractivity contribution in [3.63, 3.8) is 0 Å². The van der Waals surface area contributed by atoms with Gasteiger partial charge in [0.25, 0.3) is 5.91 Å². The number of rotatable bonds is 5. The predicted molar refractivity (Wildman–Crippen MR) is 86.2 cm³/mol. The van der Waals surface area contributed by atoms with Crippen molar-refractivity contribution < 1.29 is 19.1 Å². The number of carbonyl (C=O) groups is 2. The number of ether oxygens (including phenoxy) is 2. The Hall–Kier alpha value is -2.31. The van der Waals surface area contributed by atoms with E-state index in [9.17, 15) is 9.59 Å². The fraction of sp³-hybridized carbons (Fsp3) is 0.133. The molecule has 1 aromatic carbocycles. The number of aromatic nitrogens is 1. The van der Waals surface area contributed by atoms with Crippen LogP contribution in [0.4, 0.5) is 5.69 Å². The molecule has 0 fully saturated rings. The molecular formula is C15H12Cl2N2O4. The summed E-state index contributed by atoms with van der Waals surface area (Å²) in [6, 6.07) is 7.63. The Balaban J connectivity index is 1.90. The number of methoxy groups -OCH3 is 1. The number of amides is 1. The lowest BCUT2D eigenvalue weighted by molar-refractivity contribution is -0.119. The number of hydrogen-bond acceptors (Lipinski definition) is 5. The molecule has 0 saturated carbocycles. The molecule has 0 aliphatic heterocycles. The Bertz CT molecular complexity index is 737. The van der Waals surface area contributed by atoms with E-state index in [1.54, 1.807) is 12.1 Å². The summed E-state index contributed by atoms with van der Waals surface area (Å²) in [5.74, 6) is -0.764. The standard InChI is InChI=1S/C15H12Cl2N2O4/c1-22-13-3-2-10(7-11(13)17)19-14(20)8-23-15(21)12-6-9(16)4-5-18-12/h2-7H,8H2,1H3,(H,19,20). The van der Waals surface area contributed by atoms with Gasteiger partial charge in [-0.05, 0) is 30.3 Å². The van der Waals surface area contributed by atoms with Crippen LogP contribution in [0.2, 0.25) is 10.0 Å². The quantitative estimate of drug-likeness (QED) is 0.834. The van der Waals surface area contributed by atoms with Gasteiger partial charge >= 0.3 is 5.97 Å². The largest absolute Gasteiger partial charge is 0.495 e. The van der Waals surface area contributed by atoms with Crippen LogP contribution in [0.15, 0.2) is 36.5 Å². The fourth-order valence-corrected chi connectivity index (χ4v) is 2.08. The molecule has 0 aliphatic rings. The highest BCUT2D eigenvalue weighted by atomic mass is 35.5. The molecule has 1 heterocycles. The third-order valence-corrected chi connectivity index (χ3v) is 3.23. The number of carbonyl (C=O) groups excluding carboxylic acids is 2. The molecule has 0 atom stereocenters. The zero-order chi connectivity index (χ0) is 16.8. The van der Waals surface area contributed by atoms with Gasteiger partial charge in [0.2, 0.25) is 0 Å². The van der Waals surface area contributed by atoms with E-state index in [0.29, 0.717) is 21.5 Å². The molecule has 1 aromatic heterocycles. The summed E-state index contributed by atoms with van der Waals surface area (Å²) in [4.78, 5) is 27.3. The minimum atomic E-state index is -0.740. The van der Waals surface area contributed by atoms with Crippen molar-refractivity contribution in [2.24, 2.45) is 0 Å². The third kappa shape index (κ3) is 4.84. The molecule has 1 N–H and O–H groups in total. The Labute approximate surface area is 142 Å². The molecule has 2 rings (SSSR count). The van der Waals surface area contributed by atoms with Gasteiger partial charge < -0.3 is 14.8 Å². The Morgan fingerprint density at radius 1 is 1.22 bits per heavy atom. The highest BCUT2D eigenvalue weighted by Gasteiger charge is 2.12. The van der Waals surface area contributed by atoms with Crippen molar-refractivity contribution in [1.29, 1.82) is 0 Å². The van der Waals surface area contributed by atoms with E-state index in [2.05, 4.69) is 10.3 Å². The van der Waals surface area contributed by atoms with Crippen LogP contribution in [-0.4, -0.2) is 30.6 Å². The van der Waals surface area contributed by atoms with Gasteiger partial charge in [-0.3, -0.25) is 4.79 Å². The van der Waals surface area contributed by atoms with Crippen molar-refractivity contribution in [3.8, 4) is 5.75 Å². The summed E-state index contributed by atoms with van der Waals surface area (Å²) in [6.07, 6.45) is 1.37. The summed E-state index contributed by atoms with van der Waals surface area (Å²) in [6.45, 7) is -0.462. The number of esters is 1. The highest BCUT2D eigenvalue weighted by Crippen LogP contribution is 2.27. The molecule has 2 aromatic rings. The normalized spacial score (nSPS) is 10.0. The summed E-state index contributed by atoms with van der Waals surface area (Å²) in [5, 5.41) is 3.25. The molecular weight excluding hydrogens is 343 g/mol. The van der Waals surface area contributed by atoms with Crippen molar-refractivity contribution in [2.45, 2.75) is 0 Å². The van der Waals surface area contributed by atoms with Crippen LogP contribution in [0.3, 0.4) is 0 Å². The zero-order valence-corrected chi connectivity index (χ0v) is 13.5. The second kappa shape index (κ2) is 7.80. The molecule has 23 heavy (non-hydrogen) atoms. The molecule has 120 valence electrons. The number of halogens is 2. The second-order valence-electron chi connectivity index (χ2n) is 4.33. The van der Waals surface area contributed by atoms with Crippen molar-refractivity contribution in [2.75, 3.05) is 19.0 Å². The van der Waals surface area contributed by atoms with Crippen LogP contribution < -0.4 is 10.1 Å². The Morgan fingerprint density at radius 3 is 2.65 bits per heavy atom. The highest BCUT2D eigenvalue weighted by molar-refractivity contribution is 6.32. The topological polar surface area (TPSA) is 77.5 Å². The van der Waals surface area contributed by atoms with Crippen LogP contribution in [-0.2, 0) is 9.53 Å². The van der Waals surface area contributed by atoms with Crippen molar-refractivity contribution in [3.05, 3.63) is 52.3 Å². The first-order chi connectivity index (χ1) is 11.0. The second-order valence-corrected chi connectivity index (χ2v) is 5.18. The third-order valence-electron chi connectivity index (χ3n) is 2.70. The fourth-order valence-electron chi connectivity index (χ4n) is 1.66. The SMILES string of the molecule is COc1ccc(NC(=O)COC(=O)c2cc(Cl)ccn2)cc1Cl. The van der Waals surface area contributed by atoms with Gasteiger partial charge in [-0.15, -0.1) is 0 Å². The molecule has 1 amide bonds. The molecule has 0 aliphatic carbocycles. The van der Waals surface area contributed by atoms with Crippen molar-refractivity contribution >= 4 is 40.8 Å². The van der Waals surface area contributed by atoms with Crippen LogP contribution in [0.25, 0.3) is 0 Å². The number of anilines is 1. The Morgan fingerprint density at radius 2 is 2.00 bits per heavy atom.